The summed E-state index contributed by atoms with van der Waals surface area (Å²) < 4.78 is 0. The van der Waals surface area contributed by atoms with Crippen LogP contribution in [0.2, 0.25) is 0 Å². The fraction of sp³-hybridized carbons (Fsp3) is 0.455. The Morgan fingerprint density at radius 1 is 0.846 bits per heavy atom. The fourth-order valence-electron chi connectivity index (χ4n) is 0.637. The van der Waals surface area contributed by atoms with Crippen molar-refractivity contribution in [3.05, 3.63) is 35.4 Å². The first-order chi connectivity index (χ1) is 5.20. The van der Waals surface area contributed by atoms with E-state index in [9.17, 15) is 0 Å². The first kappa shape index (κ1) is 18.5. The molecule has 0 aromatic heterocycles. The van der Waals surface area contributed by atoms with Crippen molar-refractivity contribution in [2.45, 2.75) is 34.1 Å². The van der Waals surface area contributed by atoms with E-state index in [4.69, 9.17) is 0 Å². The van der Waals surface area contributed by atoms with E-state index in [2.05, 4.69) is 52.0 Å². The summed E-state index contributed by atoms with van der Waals surface area (Å²) in [6.07, 6.45) is 1.25. The van der Waals surface area contributed by atoms with Gasteiger partial charge in [-0.25, -0.2) is 0 Å². The zero-order chi connectivity index (χ0) is 8.69. The summed E-state index contributed by atoms with van der Waals surface area (Å²) in [5.74, 6) is 0. The Bertz CT molecular complexity index is 161. The second-order valence-corrected chi connectivity index (χ2v) is 2.86. The van der Waals surface area contributed by atoms with Crippen molar-refractivity contribution < 1.29 is 24.0 Å². The molecule has 2 N–H and O–H groups in total. The molecule has 0 saturated heterocycles. The van der Waals surface area contributed by atoms with Gasteiger partial charge in [0.25, 0.3) is 0 Å². The van der Waals surface area contributed by atoms with Crippen molar-refractivity contribution in [2.24, 2.45) is 0 Å². The molecule has 0 aliphatic carbocycles. The van der Waals surface area contributed by atoms with Crippen LogP contribution in [0.15, 0.2) is 24.3 Å². The topological polar surface area (TPSA) is 31.5 Å². The Morgan fingerprint density at radius 3 is 1.15 bits per heavy atom. The van der Waals surface area contributed by atoms with Crippen molar-refractivity contribution in [3.63, 3.8) is 0 Å². The minimum absolute atomic E-state index is 0. The van der Waals surface area contributed by atoms with Gasteiger partial charge in [0.2, 0.25) is 0 Å². The molecule has 0 aliphatic rings. The maximum Gasteiger partial charge on any atom is 0 e. The number of aryl methyl sites for hydroxylation is 2. The predicted octanol–water partition coefficient (Wildman–Crippen LogP) is 2.89. The molecule has 0 unspecified atom stereocenters. The molecule has 1 radical (unpaired) electrons. The summed E-state index contributed by atoms with van der Waals surface area (Å²) in [5, 5.41) is 0. The molecule has 0 saturated carbocycles. The van der Waals surface area contributed by atoms with Crippen molar-refractivity contribution in [1.82, 2.24) is 0 Å². The molecule has 0 bridgehead atoms. The van der Waals surface area contributed by atoms with Gasteiger partial charge in [-0.1, -0.05) is 55.7 Å². The van der Waals surface area contributed by atoms with E-state index in [1.165, 1.54) is 17.5 Å². The summed E-state index contributed by atoms with van der Waals surface area (Å²) in [7, 11) is 0. The van der Waals surface area contributed by atoms with Gasteiger partial charge in [-0.15, -0.1) is 0 Å². The average molecular weight is 219 g/mol. The van der Waals surface area contributed by atoms with Gasteiger partial charge in [0.1, 0.15) is 0 Å². The SMILES string of the molecule is CCC.Cc1ccc(C)cc1.O.[V]. The Hall–Kier alpha value is -0.236. The van der Waals surface area contributed by atoms with E-state index < -0.39 is 0 Å². The molecule has 13 heavy (non-hydrogen) atoms. The summed E-state index contributed by atoms with van der Waals surface area (Å²) in [6, 6.07) is 8.48. The monoisotopic (exact) mass is 219 g/mol. The molecule has 0 fully saturated rings. The third-order valence-electron chi connectivity index (χ3n) is 1.22. The summed E-state index contributed by atoms with van der Waals surface area (Å²) in [5.41, 5.74) is 2.66. The molecular weight excluding hydrogens is 199 g/mol. The predicted molar refractivity (Wildman–Crippen MR) is 55.5 cm³/mol. The molecule has 0 aliphatic heterocycles. The standard InChI is InChI=1S/C8H10.C3H8.H2O.V/c1-7-3-5-8(2)6-4-7;1-3-2;;/h3-6H,1-2H3;3H2,1-2H3;1H2;. The van der Waals surface area contributed by atoms with E-state index in [0.29, 0.717) is 0 Å². The van der Waals surface area contributed by atoms with Crippen LogP contribution in [0.1, 0.15) is 31.4 Å². The number of rotatable bonds is 0. The Labute approximate surface area is 93.8 Å². The van der Waals surface area contributed by atoms with Crippen molar-refractivity contribution in [3.8, 4) is 0 Å². The van der Waals surface area contributed by atoms with E-state index in [1.807, 2.05) is 0 Å². The maximum atomic E-state index is 2.12. The molecule has 1 rings (SSSR count). The van der Waals surface area contributed by atoms with E-state index in [-0.39, 0.29) is 24.0 Å². The normalized spacial score (nSPS) is 7.08. The van der Waals surface area contributed by atoms with Crippen LogP contribution in [0.5, 0.6) is 0 Å². The molecule has 1 aromatic rings. The van der Waals surface area contributed by atoms with Crippen molar-refractivity contribution in [2.75, 3.05) is 0 Å². The first-order valence-corrected chi connectivity index (χ1v) is 4.24. The molecule has 1 nitrogen and oxygen atoms in total. The minimum atomic E-state index is 0. The second kappa shape index (κ2) is 11.8. The quantitative estimate of drug-likeness (QED) is 0.642. The van der Waals surface area contributed by atoms with Crippen LogP contribution in [-0.2, 0) is 18.6 Å². The van der Waals surface area contributed by atoms with Crippen LogP contribution < -0.4 is 0 Å². The fourth-order valence-corrected chi connectivity index (χ4v) is 0.637. The number of hydrogen-bond donors (Lipinski definition) is 0. The zero-order valence-corrected chi connectivity index (χ0v) is 10.4. The van der Waals surface area contributed by atoms with E-state index in [0.717, 1.165) is 0 Å². The summed E-state index contributed by atoms with van der Waals surface area (Å²) in [6.45, 7) is 8.44. The van der Waals surface area contributed by atoms with Crippen molar-refractivity contribution in [1.29, 1.82) is 0 Å². The maximum absolute atomic E-state index is 2.12. The third-order valence-corrected chi connectivity index (χ3v) is 1.22. The molecule has 0 spiro atoms. The van der Waals surface area contributed by atoms with Gasteiger partial charge in [0, 0.05) is 18.6 Å². The molecule has 0 amide bonds. The van der Waals surface area contributed by atoms with Gasteiger partial charge in [-0.2, -0.15) is 0 Å². The average Bonchev–Trinajstić information content (AvgIpc) is 1.97. The van der Waals surface area contributed by atoms with Crippen LogP contribution >= 0.6 is 0 Å². The molecular formula is C11H20OV. The molecule has 0 atom stereocenters. The van der Waals surface area contributed by atoms with Gasteiger partial charge in [0.05, 0.1) is 0 Å². The number of hydrogen-bond acceptors (Lipinski definition) is 0. The summed E-state index contributed by atoms with van der Waals surface area (Å²) >= 11 is 0. The van der Waals surface area contributed by atoms with Crippen LogP contribution in [0.4, 0.5) is 0 Å². The zero-order valence-electron chi connectivity index (χ0n) is 8.96. The van der Waals surface area contributed by atoms with Gasteiger partial charge >= 0.3 is 0 Å². The molecule has 1 aromatic carbocycles. The van der Waals surface area contributed by atoms with Crippen LogP contribution in [0.3, 0.4) is 0 Å². The van der Waals surface area contributed by atoms with E-state index in [1.54, 1.807) is 0 Å². The van der Waals surface area contributed by atoms with Crippen LogP contribution in [0.25, 0.3) is 0 Å². The summed E-state index contributed by atoms with van der Waals surface area (Å²) in [4.78, 5) is 0. The molecule has 2 heteroatoms. The van der Waals surface area contributed by atoms with Crippen LogP contribution in [-0.4, -0.2) is 5.48 Å². The Balaban J connectivity index is -0.000000180. The van der Waals surface area contributed by atoms with Crippen LogP contribution in [0, 0.1) is 13.8 Å². The largest absolute Gasteiger partial charge is 0.412 e. The van der Waals surface area contributed by atoms with Gasteiger partial charge in [0.15, 0.2) is 0 Å². The first-order valence-electron chi connectivity index (χ1n) is 4.24. The third kappa shape index (κ3) is 11.8. The number of benzene rings is 1. The van der Waals surface area contributed by atoms with Gasteiger partial charge in [-0.05, 0) is 13.8 Å². The smallest absolute Gasteiger partial charge is 0 e. The van der Waals surface area contributed by atoms with Crippen molar-refractivity contribution >= 4 is 0 Å². The van der Waals surface area contributed by atoms with Gasteiger partial charge in [-0.3, -0.25) is 0 Å². The minimum Gasteiger partial charge on any atom is -0.412 e. The second-order valence-electron chi connectivity index (χ2n) is 2.86. The Kier molecular flexibility index (Phi) is 16.8. The molecule has 0 heterocycles. The van der Waals surface area contributed by atoms with E-state index >= 15 is 0 Å². The Morgan fingerprint density at radius 2 is 1.00 bits per heavy atom. The van der Waals surface area contributed by atoms with Gasteiger partial charge < -0.3 is 5.48 Å². The molecule has 75 valence electrons.